The van der Waals surface area contributed by atoms with Gasteiger partial charge in [0, 0.05) is 23.7 Å². The molecule has 1 N–H and O–H groups in total. The number of fused-ring (bicyclic) bond motifs is 1. The fraction of sp³-hybridized carbons (Fsp3) is 0.308. The van der Waals surface area contributed by atoms with Crippen LogP contribution in [-0.2, 0) is 0 Å². The van der Waals surface area contributed by atoms with E-state index in [1.54, 1.807) is 12.1 Å². The van der Waals surface area contributed by atoms with Gasteiger partial charge < -0.3 is 10.1 Å². The van der Waals surface area contributed by atoms with Gasteiger partial charge in [-0.1, -0.05) is 11.6 Å². The molecule has 102 valence electrons. The molecule has 0 spiro atoms. The molecule has 0 bridgehead atoms. The monoisotopic (exact) mass is 286 g/mol. The summed E-state index contributed by atoms with van der Waals surface area (Å²) in [7, 11) is 1.47. The molecule has 0 aliphatic carbocycles. The van der Waals surface area contributed by atoms with Crippen molar-refractivity contribution in [2.24, 2.45) is 0 Å². The molecule has 0 radical (unpaired) electrons. The first-order chi connectivity index (χ1) is 9.06. The van der Waals surface area contributed by atoms with Gasteiger partial charge in [0.15, 0.2) is 0 Å². The Morgan fingerprint density at radius 2 is 2.11 bits per heavy atom. The predicted octanol–water partition coefficient (Wildman–Crippen LogP) is 4.27. The molecule has 1 aromatic heterocycles. The summed E-state index contributed by atoms with van der Waals surface area (Å²) in [5.41, 5.74) is 0.746. The number of methoxy groups -OCH3 is 1. The topological polar surface area (TPSA) is 34.2 Å². The van der Waals surface area contributed by atoms with Crippen LogP contribution >= 0.6 is 11.6 Å². The van der Waals surface area contributed by atoms with Crippen LogP contribution in [0.3, 0.4) is 0 Å². The largest absolute Gasteiger partial charge is 0.495 e. The van der Waals surface area contributed by atoms with E-state index in [4.69, 9.17) is 16.3 Å². The van der Waals surface area contributed by atoms with E-state index in [0.29, 0.717) is 33.9 Å². The smallest absolute Gasteiger partial charge is 0.280 e. The number of halogens is 3. The summed E-state index contributed by atoms with van der Waals surface area (Å²) in [6.45, 7) is 2.50. The number of rotatable bonds is 4. The van der Waals surface area contributed by atoms with Crippen LogP contribution in [0.2, 0.25) is 5.02 Å². The fourth-order valence-corrected chi connectivity index (χ4v) is 2.09. The van der Waals surface area contributed by atoms with Gasteiger partial charge in [0.25, 0.3) is 6.43 Å². The number of nitrogens with one attached hydrogen (secondary N) is 1. The molecule has 6 heteroatoms. The Kier molecular flexibility index (Phi) is 4.04. The minimum absolute atomic E-state index is 0.271. The zero-order chi connectivity index (χ0) is 14.0. The van der Waals surface area contributed by atoms with Crippen molar-refractivity contribution < 1.29 is 13.5 Å². The van der Waals surface area contributed by atoms with E-state index in [2.05, 4.69) is 10.3 Å². The number of ether oxygens (including phenoxy) is 1. The molecule has 0 amide bonds. The number of benzene rings is 1. The highest BCUT2D eigenvalue weighted by atomic mass is 35.5. The van der Waals surface area contributed by atoms with Crippen molar-refractivity contribution in [3.05, 3.63) is 28.9 Å². The van der Waals surface area contributed by atoms with Gasteiger partial charge in [0.05, 0.1) is 17.6 Å². The fourth-order valence-electron chi connectivity index (χ4n) is 1.85. The quantitative estimate of drug-likeness (QED) is 0.911. The highest BCUT2D eigenvalue weighted by Gasteiger charge is 2.15. The molecule has 2 rings (SSSR count). The summed E-state index contributed by atoms with van der Waals surface area (Å²) in [6.07, 6.45) is -2.62. The van der Waals surface area contributed by atoms with Crippen LogP contribution in [0.4, 0.5) is 14.5 Å². The molecule has 2 aromatic rings. The maximum Gasteiger partial charge on any atom is 0.280 e. The summed E-state index contributed by atoms with van der Waals surface area (Å²) >= 11 is 6.05. The minimum Gasteiger partial charge on any atom is -0.495 e. The lowest BCUT2D eigenvalue weighted by Gasteiger charge is -2.12. The van der Waals surface area contributed by atoms with Gasteiger partial charge in [-0.05, 0) is 19.1 Å². The van der Waals surface area contributed by atoms with Crippen LogP contribution < -0.4 is 10.1 Å². The highest BCUT2D eigenvalue weighted by molar-refractivity contribution is 6.33. The second-order valence-electron chi connectivity index (χ2n) is 3.93. The summed E-state index contributed by atoms with van der Waals surface area (Å²) in [5.74, 6) is 0.413. The van der Waals surface area contributed by atoms with Crippen LogP contribution in [0.5, 0.6) is 5.75 Å². The SMILES string of the molecule is CCNc1cc(C(F)F)nc2cc(OC)c(Cl)cc12. The molecule has 0 aliphatic heterocycles. The Hall–Kier alpha value is -1.62. The van der Waals surface area contributed by atoms with E-state index in [0.717, 1.165) is 0 Å². The Labute approximate surface area is 114 Å². The summed E-state index contributed by atoms with van der Waals surface area (Å²) in [5, 5.41) is 4.15. The molecule has 0 unspecified atom stereocenters. The maximum atomic E-state index is 12.8. The Balaban J connectivity index is 2.71. The number of alkyl halides is 2. The third kappa shape index (κ3) is 2.71. The van der Waals surface area contributed by atoms with Crippen LogP contribution in [0.15, 0.2) is 18.2 Å². The molecular formula is C13H13ClF2N2O. The maximum absolute atomic E-state index is 12.8. The van der Waals surface area contributed by atoms with Gasteiger partial charge in [0.1, 0.15) is 11.4 Å². The van der Waals surface area contributed by atoms with E-state index in [-0.39, 0.29) is 5.69 Å². The van der Waals surface area contributed by atoms with Crippen molar-refractivity contribution in [2.45, 2.75) is 13.3 Å². The number of anilines is 1. The molecule has 0 atom stereocenters. The van der Waals surface area contributed by atoms with Crippen molar-refractivity contribution in [3.63, 3.8) is 0 Å². The summed E-state index contributed by atoms with van der Waals surface area (Å²) in [6, 6.07) is 4.57. The van der Waals surface area contributed by atoms with Gasteiger partial charge in [-0.25, -0.2) is 13.8 Å². The van der Waals surface area contributed by atoms with Crippen molar-refractivity contribution >= 4 is 28.2 Å². The summed E-state index contributed by atoms with van der Waals surface area (Å²) in [4.78, 5) is 3.94. The molecular weight excluding hydrogens is 274 g/mol. The van der Waals surface area contributed by atoms with Crippen molar-refractivity contribution in [1.82, 2.24) is 4.98 Å². The molecule has 19 heavy (non-hydrogen) atoms. The third-order valence-electron chi connectivity index (χ3n) is 2.69. The Morgan fingerprint density at radius 1 is 1.37 bits per heavy atom. The lowest BCUT2D eigenvalue weighted by atomic mass is 10.1. The highest BCUT2D eigenvalue weighted by Crippen LogP contribution is 2.34. The van der Waals surface area contributed by atoms with Crippen molar-refractivity contribution in [1.29, 1.82) is 0 Å². The second kappa shape index (κ2) is 5.57. The molecule has 1 heterocycles. The Morgan fingerprint density at radius 3 is 2.68 bits per heavy atom. The van der Waals surface area contributed by atoms with Gasteiger partial charge in [-0.15, -0.1) is 0 Å². The van der Waals surface area contributed by atoms with Gasteiger partial charge in [-0.3, -0.25) is 0 Å². The van der Waals surface area contributed by atoms with Crippen molar-refractivity contribution in [3.8, 4) is 5.75 Å². The molecule has 0 saturated carbocycles. The average Bonchev–Trinajstić information content (AvgIpc) is 2.38. The second-order valence-corrected chi connectivity index (χ2v) is 4.34. The van der Waals surface area contributed by atoms with Gasteiger partial charge in [0.2, 0.25) is 0 Å². The molecule has 0 saturated heterocycles. The molecule has 3 nitrogen and oxygen atoms in total. The van der Waals surface area contributed by atoms with E-state index in [9.17, 15) is 8.78 Å². The lowest BCUT2D eigenvalue weighted by Crippen LogP contribution is -2.01. The average molecular weight is 287 g/mol. The van der Waals surface area contributed by atoms with Gasteiger partial charge in [-0.2, -0.15) is 0 Å². The summed E-state index contributed by atoms with van der Waals surface area (Å²) < 4.78 is 30.7. The van der Waals surface area contributed by atoms with Crippen LogP contribution in [0.25, 0.3) is 10.9 Å². The van der Waals surface area contributed by atoms with Crippen LogP contribution in [-0.4, -0.2) is 18.6 Å². The zero-order valence-corrected chi connectivity index (χ0v) is 11.3. The first kappa shape index (κ1) is 13.8. The number of hydrogen-bond donors (Lipinski definition) is 1. The van der Waals surface area contributed by atoms with E-state index in [1.165, 1.54) is 13.2 Å². The number of hydrogen-bond acceptors (Lipinski definition) is 3. The number of nitrogens with zero attached hydrogens (tertiary/aromatic N) is 1. The standard InChI is InChI=1S/C13H13ClF2N2O/c1-3-17-9-5-11(13(15)16)18-10-6-12(19-2)8(14)4-7(9)10/h4-6,13H,3H2,1-2H3,(H,17,18). The van der Waals surface area contributed by atoms with Crippen LogP contribution in [0.1, 0.15) is 19.0 Å². The number of aromatic nitrogens is 1. The molecule has 1 aromatic carbocycles. The van der Waals surface area contributed by atoms with E-state index >= 15 is 0 Å². The minimum atomic E-state index is -2.62. The molecule has 0 fully saturated rings. The Bertz CT molecular complexity index is 605. The number of pyridine rings is 1. The third-order valence-corrected chi connectivity index (χ3v) is 2.99. The van der Waals surface area contributed by atoms with Crippen molar-refractivity contribution in [2.75, 3.05) is 19.0 Å². The van der Waals surface area contributed by atoms with Crippen LogP contribution in [0, 0.1) is 0 Å². The van der Waals surface area contributed by atoms with Gasteiger partial charge >= 0.3 is 0 Å². The predicted molar refractivity (Wildman–Crippen MR) is 72.4 cm³/mol. The molecule has 0 aliphatic rings. The first-order valence-electron chi connectivity index (χ1n) is 5.77. The zero-order valence-electron chi connectivity index (χ0n) is 10.5. The lowest BCUT2D eigenvalue weighted by molar-refractivity contribution is 0.146. The van der Waals surface area contributed by atoms with E-state index < -0.39 is 6.43 Å². The normalized spacial score (nSPS) is 11.1. The first-order valence-corrected chi connectivity index (χ1v) is 6.14. The van der Waals surface area contributed by atoms with E-state index in [1.807, 2.05) is 6.92 Å².